The van der Waals surface area contributed by atoms with Crippen molar-refractivity contribution in [1.82, 2.24) is 14.8 Å². The third-order valence-corrected chi connectivity index (χ3v) is 6.03. The largest absolute Gasteiger partial charge is 0.494 e. The van der Waals surface area contributed by atoms with Crippen LogP contribution in [0.25, 0.3) is 33.1 Å². The van der Waals surface area contributed by atoms with E-state index in [-0.39, 0.29) is 6.54 Å². The van der Waals surface area contributed by atoms with Crippen molar-refractivity contribution >= 4 is 27.8 Å². The van der Waals surface area contributed by atoms with E-state index in [1.807, 2.05) is 77.4 Å². The summed E-state index contributed by atoms with van der Waals surface area (Å²) in [6.45, 7) is 1.14. The highest BCUT2D eigenvalue weighted by atomic mass is 16.5. The number of rotatable bonds is 11. The summed E-state index contributed by atoms with van der Waals surface area (Å²) in [6, 6.07) is 23.6. The fourth-order valence-corrected chi connectivity index (χ4v) is 4.40. The van der Waals surface area contributed by atoms with E-state index in [4.69, 9.17) is 9.47 Å². The smallest absolute Gasteiger partial charge is 0.323 e. The fourth-order valence-electron chi connectivity index (χ4n) is 4.40. The van der Waals surface area contributed by atoms with Crippen LogP contribution in [0.2, 0.25) is 0 Å². The van der Waals surface area contributed by atoms with Gasteiger partial charge in [0.2, 0.25) is 0 Å². The lowest BCUT2D eigenvalue weighted by molar-refractivity contribution is -0.137. The van der Waals surface area contributed by atoms with Crippen LogP contribution in [-0.4, -0.2) is 39.1 Å². The molecule has 0 fully saturated rings. The van der Waals surface area contributed by atoms with Crippen LogP contribution in [0.1, 0.15) is 19.3 Å². The van der Waals surface area contributed by atoms with Gasteiger partial charge in [0.15, 0.2) is 0 Å². The van der Waals surface area contributed by atoms with E-state index >= 15 is 0 Å². The number of benzene rings is 3. The van der Waals surface area contributed by atoms with E-state index in [0.29, 0.717) is 13.2 Å². The van der Waals surface area contributed by atoms with Gasteiger partial charge >= 0.3 is 5.97 Å². The molecule has 0 aliphatic heterocycles. The Labute approximate surface area is 202 Å². The Morgan fingerprint density at radius 3 is 2.46 bits per heavy atom. The van der Waals surface area contributed by atoms with Crippen LogP contribution in [0.15, 0.2) is 79.0 Å². The Morgan fingerprint density at radius 1 is 0.857 bits per heavy atom. The summed E-state index contributed by atoms with van der Waals surface area (Å²) < 4.78 is 13.8. The number of aromatic nitrogens is 3. The monoisotopic (exact) mass is 469 g/mol. The van der Waals surface area contributed by atoms with Crippen molar-refractivity contribution in [3.63, 3.8) is 0 Å². The Balaban J connectivity index is 1.14. The number of unbranched alkanes of at least 4 members (excludes halogenated alkanes) is 2. The molecule has 7 heteroatoms. The van der Waals surface area contributed by atoms with Crippen molar-refractivity contribution in [2.45, 2.75) is 25.8 Å². The van der Waals surface area contributed by atoms with Crippen molar-refractivity contribution in [2.75, 3.05) is 13.2 Å². The molecular weight excluding hydrogens is 442 g/mol. The molecule has 0 radical (unpaired) electrons. The zero-order chi connectivity index (χ0) is 24.0. The van der Waals surface area contributed by atoms with Crippen LogP contribution in [0.4, 0.5) is 0 Å². The van der Waals surface area contributed by atoms with Gasteiger partial charge < -0.3 is 19.1 Å². The van der Waals surface area contributed by atoms with Crippen molar-refractivity contribution in [1.29, 1.82) is 0 Å². The normalized spacial score (nSPS) is 11.2. The predicted octanol–water partition coefficient (Wildman–Crippen LogP) is 5.90. The molecule has 0 aliphatic carbocycles. The maximum absolute atomic E-state index is 11.4. The highest BCUT2D eigenvalue weighted by Crippen LogP contribution is 2.32. The van der Waals surface area contributed by atoms with Crippen LogP contribution in [-0.2, 0) is 11.3 Å². The minimum atomic E-state index is -0.867. The molecule has 3 aromatic carbocycles. The number of aliphatic carboxylic acids is 1. The van der Waals surface area contributed by atoms with Gasteiger partial charge in [0.25, 0.3) is 0 Å². The van der Waals surface area contributed by atoms with Gasteiger partial charge in [0, 0.05) is 34.1 Å². The topological polar surface area (TPSA) is 89.4 Å². The molecule has 0 atom stereocenters. The van der Waals surface area contributed by atoms with E-state index in [2.05, 4.69) is 10.2 Å². The molecule has 0 amide bonds. The minimum Gasteiger partial charge on any atom is -0.494 e. The van der Waals surface area contributed by atoms with Gasteiger partial charge in [-0.15, -0.1) is 0 Å². The molecule has 2 aromatic heterocycles. The van der Waals surface area contributed by atoms with Crippen molar-refractivity contribution in [2.24, 2.45) is 0 Å². The lowest BCUT2D eigenvalue weighted by Crippen LogP contribution is -2.08. The SMILES string of the molecule is O=C(O)Cn1c2ccccc2c2ccc(OCCCCCOc3ccccc3-c3ccn[nH]3)cc21. The summed E-state index contributed by atoms with van der Waals surface area (Å²) >= 11 is 0. The predicted molar refractivity (Wildman–Crippen MR) is 136 cm³/mol. The number of carbonyl (C=O) groups is 1. The number of fused-ring (bicyclic) bond motifs is 3. The number of aromatic amines is 1. The first-order valence-corrected chi connectivity index (χ1v) is 11.8. The lowest BCUT2D eigenvalue weighted by Gasteiger charge is -2.11. The van der Waals surface area contributed by atoms with E-state index < -0.39 is 5.97 Å². The average Bonchev–Trinajstić information content (AvgIpc) is 3.51. The number of para-hydroxylation sites is 2. The molecule has 5 aromatic rings. The molecule has 2 N–H and O–H groups in total. The van der Waals surface area contributed by atoms with E-state index in [1.54, 1.807) is 6.20 Å². The van der Waals surface area contributed by atoms with Crippen LogP contribution in [0.5, 0.6) is 11.5 Å². The summed E-state index contributed by atoms with van der Waals surface area (Å²) in [4.78, 5) is 11.4. The number of H-pyrrole nitrogens is 1. The number of nitrogens with zero attached hydrogens (tertiary/aromatic N) is 2. The standard InChI is InChI=1S/C28H27N3O4/c32-28(33)19-31-25-10-4-2-8-21(25)22-13-12-20(18-26(22)31)34-16-6-1-7-17-35-27-11-5-3-9-23(27)24-14-15-29-30-24/h2-5,8-15,18H,1,6-7,16-17,19H2,(H,29,30)(H,32,33). The maximum Gasteiger partial charge on any atom is 0.323 e. The summed E-state index contributed by atoms with van der Waals surface area (Å²) in [5, 5.41) is 18.5. The number of hydrogen-bond donors (Lipinski definition) is 2. The van der Waals surface area contributed by atoms with Gasteiger partial charge in [-0.3, -0.25) is 9.89 Å². The Hall–Kier alpha value is -4.26. The van der Waals surface area contributed by atoms with Gasteiger partial charge in [-0.05, 0) is 55.7 Å². The van der Waals surface area contributed by atoms with Gasteiger partial charge in [-0.25, -0.2) is 0 Å². The first-order chi connectivity index (χ1) is 17.2. The van der Waals surface area contributed by atoms with Crippen LogP contribution >= 0.6 is 0 Å². The summed E-state index contributed by atoms with van der Waals surface area (Å²) in [5.41, 5.74) is 3.73. The van der Waals surface area contributed by atoms with Crippen LogP contribution in [0.3, 0.4) is 0 Å². The second kappa shape index (κ2) is 10.3. The number of hydrogen-bond acceptors (Lipinski definition) is 4. The molecule has 0 aliphatic rings. The maximum atomic E-state index is 11.4. The summed E-state index contributed by atoms with van der Waals surface area (Å²) in [7, 11) is 0. The molecule has 35 heavy (non-hydrogen) atoms. The van der Waals surface area contributed by atoms with Gasteiger partial charge in [0.1, 0.15) is 18.0 Å². The first-order valence-electron chi connectivity index (χ1n) is 11.8. The number of nitrogens with one attached hydrogen (secondary N) is 1. The second-order valence-electron chi connectivity index (χ2n) is 8.40. The van der Waals surface area contributed by atoms with Crippen molar-refractivity contribution < 1.29 is 19.4 Å². The molecule has 0 unspecified atom stereocenters. The van der Waals surface area contributed by atoms with Crippen LogP contribution in [0, 0.1) is 0 Å². The highest BCUT2D eigenvalue weighted by molar-refractivity contribution is 6.08. The third kappa shape index (κ3) is 4.99. The number of carboxylic acids is 1. The van der Waals surface area contributed by atoms with Gasteiger partial charge in [-0.2, -0.15) is 5.10 Å². The molecule has 0 saturated carbocycles. The molecule has 0 saturated heterocycles. The molecule has 7 nitrogen and oxygen atoms in total. The first kappa shape index (κ1) is 22.5. The van der Waals surface area contributed by atoms with E-state index in [9.17, 15) is 9.90 Å². The molecule has 0 spiro atoms. The lowest BCUT2D eigenvalue weighted by atomic mass is 10.1. The Morgan fingerprint density at radius 2 is 1.63 bits per heavy atom. The van der Waals surface area contributed by atoms with Gasteiger partial charge in [-0.1, -0.05) is 30.3 Å². The van der Waals surface area contributed by atoms with Crippen molar-refractivity contribution in [3.8, 4) is 22.8 Å². The zero-order valence-corrected chi connectivity index (χ0v) is 19.3. The third-order valence-electron chi connectivity index (χ3n) is 6.03. The summed E-state index contributed by atoms with van der Waals surface area (Å²) in [6.07, 6.45) is 4.54. The number of ether oxygens (including phenoxy) is 2. The Bertz CT molecular complexity index is 1440. The van der Waals surface area contributed by atoms with E-state index in [0.717, 1.165) is 63.8 Å². The molecule has 0 bridgehead atoms. The molecule has 5 rings (SSSR count). The summed E-state index contributed by atoms with van der Waals surface area (Å²) in [5.74, 6) is 0.725. The van der Waals surface area contributed by atoms with E-state index in [1.165, 1.54) is 0 Å². The van der Waals surface area contributed by atoms with Gasteiger partial charge in [0.05, 0.1) is 24.4 Å². The quantitative estimate of drug-likeness (QED) is 0.235. The van der Waals surface area contributed by atoms with Crippen LogP contribution < -0.4 is 9.47 Å². The molecule has 178 valence electrons. The van der Waals surface area contributed by atoms with Crippen molar-refractivity contribution in [3.05, 3.63) is 79.0 Å². The fraction of sp³-hybridized carbons (Fsp3) is 0.214. The highest BCUT2D eigenvalue weighted by Gasteiger charge is 2.13. The Kier molecular flexibility index (Phi) is 6.66. The number of carboxylic acid groups (broad SMARTS) is 1. The average molecular weight is 470 g/mol. The molecular formula is C28H27N3O4. The minimum absolute atomic E-state index is 0.0863. The molecule has 2 heterocycles. The zero-order valence-electron chi connectivity index (χ0n) is 19.3. The second-order valence-corrected chi connectivity index (χ2v) is 8.40.